The number of anilines is 2. The van der Waals surface area contributed by atoms with Gasteiger partial charge in [-0.25, -0.2) is 4.79 Å². The molecule has 3 heterocycles. The number of rotatable bonds is 7. The van der Waals surface area contributed by atoms with Gasteiger partial charge in [0.25, 0.3) is 17.7 Å². The fourth-order valence-corrected chi connectivity index (χ4v) is 4.77. The smallest absolute Gasteiger partial charge is 0.380 e. The number of aliphatic hydroxyl groups is 1. The Hall–Kier alpha value is -4.55. The Bertz CT molecular complexity index is 1450. The van der Waals surface area contributed by atoms with Gasteiger partial charge in [-0.05, 0) is 55.3 Å². The first-order valence-corrected chi connectivity index (χ1v) is 12.5. The number of amides is 3. The second-order valence-corrected chi connectivity index (χ2v) is 9.23. The van der Waals surface area contributed by atoms with Gasteiger partial charge in [0.1, 0.15) is 0 Å². The van der Waals surface area contributed by atoms with Crippen molar-refractivity contribution in [2.45, 2.75) is 31.1 Å². The molecule has 2 aliphatic rings. The Morgan fingerprint density at radius 1 is 1.18 bits per heavy atom. The summed E-state index contributed by atoms with van der Waals surface area (Å²) in [5.41, 5.74) is 1.81. The van der Waals surface area contributed by atoms with Crippen LogP contribution >= 0.6 is 0 Å². The number of aliphatic hydroxyl groups excluding tert-OH is 1. The summed E-state index contributed by atoms with van der Waals surface area (Å²) in [4.78, 5) is 55.9. The molecule has 2 saturated heterocycles. The molecule has 1 aromatic heterocycles. The van der Waals surface area contributed by atoms with Gasteiger partial charge in [-0.1, -0.05) is 17.3 Å². The van der Waals surface area contributed by atoms with Crippen LogP contribution in [-0.2, 0) is 14.3 Å². The van der Waals surface area contributed by atoms with Gasteiger partial charge in [0.2, 0.25) is 0 Å². The third kappa shape index (κ3) is 5.38. The first-order valence-electron chi connectivity index (χ1n) is 12.5. The average molecular weight is 534 g/mol. The van der Waals surface area contributed by atoms with Gasteiger partial charge in [-0.2, -0.15) is 0 Å². The maximum Gasteiger partial charge on any atom is 0.439 e. The van der Waals surface area contributed by atoms with E-state index in [1.54, 1.807) is 59.5 Å². The van der Waals surface area contributed by atoms with Crippen molar-refractivity contribution in [3.8, 4) is 11.4 Å². The molecule has 2 fully saturated rings. The Balaban J connectivity index is 1.26. The summed E-state index contributed by atoms with van der Waals surface area (Å²) in [5.74, 6) is -2.03. The van der Waals surface area contributed by atoms with Crippen LogP contribution in [0.2, 0.25) is 0 Å². The first-order chi connectivity index (χ1) is 18.9. The molecule has 0 bridgehead atoms. The predicted molar refractivity (Wildman–Crippen MR) is 140 cm³/mol. The SMILES string of the molecule is C=C[C@H]1CCCN1C(=O)c1cccc(N2CCO[C@H]([C@@H](O)C(=O)Nc3ccc(-c4noc(=O)[nH]4)cc3)C2=O)c1. The van der Waals surface area contributed by atoms with Crippen molar-refractivity contribution in [2.75, 3.05) is 29.9 Å². The monoisotopic (exact) mass is 533 g/mol. The molecule has 5 rings (SSSR count). The maximum absolute atomic E-state index is 13.3. The Morgan fingerprint density at radius 3 is 2.69 bits per heavy atom. The van der Waals surface area contributed by atoms with Gasteiger partial charge >= 0.3 is 5.76 Å². The quantitative estimate of drug-likeness (QED) is 0.386. The number of aromatic amines is 1. The highest BCUT2D eigenvalue weighted by Crippen LogP contribution is 2.26. The van der Waals surface area contributed by atoms with E-state index in [1.165, 1.54) is 4.90 Å². The highest BCUT2D eigenvalue weighted by Gasteiger charge is 2.39. The standard InChI is InChI=1S/C27H27N5O7/c1-2-19-7-4-12-31(19)25(35)17-5-3-6-20(15-17)32-13-14-38-22(26(32)36)21(33)24(34)28-18-10-8-16(9-11-18)23-29-27(37)39-30-23/h2-3,5-6,8-11,15,19,21-22,33H,1,4,7,12-14H2,(H,28,34)(H,29,30,37)/t19-,21+,22+/m0/s1. The van der Waals surface area contributed by atoms with Crippen LogP contribution in [0.25, 0.3) is 11.4 Å². The molecule has 0 unspecified atom stereocenters. The van der Waals surface area contributed by atoms with E-state index in [0.717, 1.165) is 12.8 Å². The third-order valence-electron chi connectivity index (χ3n) is 6.78. The van der Waals surface area contributed by atoms with Crippen LogP contribution in [0.3, 0.4) is 0 Å². The lowest BCUT2D eigenvalue weighted by molar-refractivity contribution is -0.150. The first kappa shape index (κ1) is 26.1. The van der Waals surface area contributed by atoms with Gasteiger partial charge in [0, 0.05) is 35.6 Å². The zero-order chi connectivity index (χ0) is 27.5. The number of morpholine rings is 1. The average Bonchev–Trinajstić information content (AvgIpc) is 3.62. The second-order valence-electron chi connectivity index (χ2n) is 9.23. The number of likely N-dealkylation sites (tertiary alicyclic amines) is 1. The molecule has 0 spiro atoms. The van der Waals surface area contributed by atoms with Crippen LogP contribution in [0.5, 0.6) is 0 Å². The van der Waals surface area contributed by atoms with Crippen molar-refractivity contribution in [1.29, 1.82) is 0 Å². The number of hydrogen-bond acceptors (Lipinski definition) is 8. The molecule has 39 heavy (non-hydrogen) atoms. The van der Waals surface area contributed by atoms with E-state index in [-0.39, 0.29) is 30.9 Å². The molecular weight excluding hydrogens is 506 g/mol. The molecule has 202 valence electrons. The number of nitrogens with zero attached hydrogens (tertiary/aromatic N) is 3. The van der Waals surface area contributed by atoms with Crippen LogP contribution < -0.4 is 16.0 Å². The van der Waals surface area contributed by atoms with E-state index in [9.17, 15) is 24.3 Å². The lowest BCUT2D eigenvalue weighted by Crippen LogP contribution is -2.55. The van der Waals surface area contributed by atoms with Crippen molar-refractivity contribution in [3.05, 3.63) is 77.3 Å². The summed E-state index contributed by atoms with van der Waals surface area (Å²) in [6.07, 6.45) is 0.323. The lowest BCUT2D eigenvalue weighted by atomic mass is 10.1. The fourth-order valence-electron chi connectivity index (χ4n) is 4.77. The number of H-pyrrole nitrogens is 1. The molecule has 3 N–H and O–H groups in total. The number of ether oxygens (including phenoxy) is 1. The van der Waals surface area contributed by atoms with Crippen molar-refractivity contribution in [2.24, 2.45) is 0 Å². The molecule has 2 aliphatic heterocycles. The van der Waals surface area contributed by atoms with Crippen LogP contribution in [0.1, 0.15) is 23.2 Å². The Labute approximate surface area is 222 Å². The van der Waals surface area contributed by atoms with Gasteiger partial charge in [-0.15, -0.1) is 6.58 Å². The molecule has 2 aromatic carbocycles. The summed E-state index contributed by atoms with van der Waals surface area (Å²) in [7, 11) is 0. The second kappa shape index (κ2) is 11.1. The topological polar surface area (TPSA) is 158 Å². The zero-order valence-corrected chi connectivity index (χ0v) is 20.9. The van der Waals surface area contributed by atoms with E-state index in [2.05, 4.69) is 26.6 Å². The number of hydrogen-bond donors (Lipinski definition) is 3. The molecule has 0 saturated carbocycles. The molecule has 0 radical (unpaired) electrons. The third-order valence-corrected chi connectivity index (χ3v) is 6.78. The number of carbonyl (C=O) groups excluding carboxylic acids is 3. The summed E-state index contributed by atoms with van der Waals surface area (Å²) < 4.78 is 9.97. The Morgan fingerprint density at radius 2 is 1.97 bits per heavy atom. The van der Waals surface area contributed by atoms with Crippen molar-refractivity contribution in [3.63, 3.8) is 0 Å². The number of nitrogens with one attached hydrogen (secondary N) is 2. The minimum atomic E-state index is -1.78. The van der Waals surface area contributed by atoms with Gasteiger partial charge in [-0.3, -0.25) is 23.9 Å². The molecule has 12 nitrogen and oxygen atoms in total. The Kier molecular flexibility index (Phi) is 7.39. The summed E-state index contributed by atoms with van der Waals surface area (Å²) in [5, 5.41) is 16.8. The summed E-state index contributed by atoms with van der Waals surface area (Å²) in [6, 6.07) is 13.0. The van der Waals surface area contributed by atoms with Gasteiger partial charge in [0.15, 0.2) is 18.0 Å². The normalized spacial score (nSPS) is 20.1. The van der Waals surface area contributed by atoms with E-state index in [0.29, 0.717) is 29.0 Å². The predicted octanol–water partition coefficient (Wildman–Crippen LogP) is 1.55. The number of aromatic nitrogens is 2. The van der Waals surface area contributed by atoms with E-state index in [4.69, 9.17) is 4.74 Å². The molecule has 3 atom stereocenters. The van der Waals surface area contributed by atoms with E-state index in [1.807, 2.05) is 0 Å². The van der Waals surface area contributed by atoms with Gasteiger partial charge < -0.3 is 25.0 Å². The number of carbonyl (C=O) groups is 3. The molecule has 12 heteroatoms. The van der Waals surface area contributed by atoms with E-state index < -0.39 is 29.8 Å². The molecule has 3 aromatic rings. The molecular formula is C27H27N5O7. The van der Waals surface area contributed by atoms with Crippen LogP contribution in [0.15, 0.2) is 70.5 Å². The van der Waals surface area contributed by atoms with Crippen molar-refractivity contribution < 1.29 is 28.8 Å². The minimum Gasteiger partial charge on any atom is -0.380 e. The largest absolute Gasteiger partial charge is 0.439 e. The summed E-state index contributed by atoms with van der Waals surface area (Å²) >= 11 is 0. The zero-order valence-electron chi connectivity index (χ0n) is 20.9. The summed E-state index contributed by atoms with van der Waals surface area (Å²) in [6.45, 7) is 4.75. The van der Waals surface area contributed by atoms with Crippen LogP contribution in [0, 0.1) is 0 Å². The number of benzene rings is 2. The van der Waals surface area contributed by atoms with Crippen LogP contribution in [-0.4, -0.2) is 75.8 Å². The fraction of sp³-hybridized carbons (Fsp3) is 0.296. The van der Waals surface area contributed by atoms with Crippen LogP contribution in [0.4, 0.5) is 11.4 Å². The molecule has 0 aliphatic carbocycles. The van der Waals surface area contributed by atoms with E-state index >= 15 is 0 Å². The highest BCUT2D eigenvalue weighted by atomic mass is 16.5. The lowest BCUT2D eigenvalue weighted by Gasteiger charge is -2.34. The highest BCUT2D eigenvalue weighted by molar-refractivity contribution is 6.04. The van der Waals surface area contributed by atoms with Crippen molar-refractivity contribution in [1.82, 2.24) is 15.0 Å². The van der Waals surface area contributed by atoms with Gasteiger partial charge in [0.05, 0.1) is 12.6 Å². The molecule has 3 amide bonds. The van der Waals surface area contributed by atoms with Crippen molar-refractivity contribution >= 4 is 29.1 Å². The minimum absolute atomic E-state index is 0.0215. The maximum atomic E-state index is 13.3.